The molecular formula is C36H54O8Si2. The third-order valence-corrected chi connectivity index (χ3v) is 22.0. The lowest BCUT2D eigenvalue weighted by Gasteiger charge is -2.45. The van der Waals surface area contributed by atoms with Crippen LogP contribution in [0.1, 0.15) is 112 Å². The van der Waals surface area contributed by atoms with Crippen molar-refractivity contribution < 1.29 is 38.5 Å². The molecule has 0 amide bonds. The number of phenols is 1. The maximum atomic E-state index is 12.9. The van der Waals surface area contributed by atoms with E-state index in [9.17, 15) is 24.9 Å². The van der Waals surface area contributed by atoms with Gasteiger partial charge < -0.3 is 28.9 Å². The quantitative estimate of drug-likeness (QED) is 0.134. The zero-order valence-electron chi connectivity index (χ0n) is 29.5. The normalized spacial score (nSPS) is 17.1. The Kier molecular flexibility index (Phi) is 11.5. The summed E-state index contributed by atoms with van der Waals surface area (Å²) in [6.07, 6.45) is 1.28. The van der Waals surface area contributed by atoms with Crippen LogP contribution in [0.25, 0.3) is 6.08 Å². The van der Waals surface area contributed by atoms with Gasteiger partial charge in [-0.1, -0.05) is 95.2 Å². The molecule has 3 N–H and O–H groups in total. The average molecular weight is 671 g/mol. The first-order valence-corrected chi connectivity index (χ1v) is 20.8. The van der Waals surface area contributed by atoms with Crippen molar-refractivity contribution in [3.8, 4) is 23.0 Å². The van der Waals surface area contributed by atoms with E-state index in [4.69, 9.17) is 13.6 Å². The third kappa shape index (κ3) is 6.74. The number of carboxylic acids is 2. The van der Waals surface area contributed by atoms with Crippen molar-refractivity contribution >= 4 is 34.6 Å². The summed E-state index contributed by atoms with van der Waals surface area (Å²) in [7, 11) is -4.89. The Morgan fingerprint density at radius 3 is 1.65 bits per heavy atom. The molecule has 10 heteroatoms. The van der Waals surface area contributed by atoms with Gasteiger partial charge in [0.25, 0.3) is 16.6 Å². The van der Waals surface area contributed by atoms with Crippen LogP contribution in [-0.2, 0) is 9.59 Å². The third-order valence-electron chi connectivity index (χ3n) is 10.0. The molecule has 3 rings (SSSR count). The van der Waals surface area contributed by atoms with Gasteiger partial charge in [0.1, 0.15) is 23.5 Å². The van der Waals surface area contributed by atoms with Crippen LogP contribution in [0.5, 0.6) is 23.0 Å². The molecule has 1 aliphatic heterocycles. The number of hydrogen-bond acceptors (Lipinski definition) is 6. The summed E-state index contributed by atoms with van der Waals surface area (Å²) >= 11 is 0. The molecule has 0 saturated heterocycles. The van der Waals surface area contributed by atoms with Gasteiger partial charge in [-0.3, -0.25) is 4.79 Å². The summed E-state index contributed by atoms with van der Waals surface area (Å²) in [6.45, 7) is 26.7. The molecule has 254 valence electrons. The molecule has 2 aromatic carbocycles. The highest BCUT2D eigenvalue weighted by Gasteiger charge is 2.50. The van der Waals surface area contributed by atoms with Gasteiger partial charge >= 0.3 is 11.9 Å². The predicted octanol–water partition coefficient (Wildman–Crippen LogP) is 9.90. The Balaban J connectivity index is 2.30. The zero-order valence-corrected chi connectivity index (χ0v) is 31.5. The van der Waals surface area contributed by atoms with E-state index >= 15 is 0 Å². The Morgan fingerprint density at radius 2 is 1.22 bits per heavy atom. The Hall–Kier alpha value is -3.25. The SMILES string of the molecule is CC(C)[Si](Oc1ccc([C@H]2Oc3c(O)ccc(/C=C/C(=O)O)c3[C@H]2C(=O)O)cc1O[Si](C(C)C)(C(C)C)C(C)C)(C(C)C)C(C)C. The van der Waals surface area contributed by atoms with Crippen LogP contribution in [0.3, 0.4) is 0 Å². The number of ether oxygens (including phenoxy) is 1. The molecule has 0 spiro atoms. The first kappa shape index (κ1) is 37.2. The van der Waals surface area contributed by atoms with E-state index in [0.29, 0.717) is 39.2 Å². The number of rotatable bonds is 14. The lowest BCUT2D eigenvalue weighted by Crippen LogP contribution is -2.52. The highest BCUT2D eigenvalue weighted by Crippen LogP contribution is 2.54. The predicted molar refractivity (Wildman–Crippen MR) is 188 cm³/mol. The number of carbonyl (C=O) groups is 2. The Bertz CT molecular complexity index is 1400. The minimum atomic E-state index is -2.49. The number of aromatic hydroxyl groups is 1. The van der Waals surface area contributed by atoms with Crippen molar-refractivity contribution in [1.29, 1.82) is 0 Å². The maximum absolute atomic E-state index is 12.9. The van der Waals surface area contributed by atoms with E-state index in [1.165, 1.54) is 18.2 Å². The van der Waals surface area contributed by atoms with Gasteiger partial charge in [-0.15, -0.1) is 0 Å². The molecule has 46 heavy (non-hydrogen) atoms. The summed E-state index contributed by atoms with van der Waals surface area (Å²) in [6, 6.07) is 8.50. The van der Waals surface area contributed by atoms with Crippen LogP contribution in [0.2, 0.25) is 33.2 Å². The minimum Gasteiger partial charge on any atom is -0.540 e. The highest BCUT2D eigenvalue weighted by molar-refractivity contribution is 6.79. The van der Waals surface area contributed by atoms with Gasteiger partial charge in [0.05, 0.1) is 0 Å². The van der Waals surface area contributed by atoms with Gasteiger partial charge in [-0.2, -0.15) is 0 Å². The van der Waals surface area contributed by atoms with E-state index in [1.807, 2.05) is 18.2 Å². The maximum Gasteiger partial charge on any atom is 0.328 e. The summed E-state index contributed by atoms with van der Waals surface area (Å²) in [4.78, 5) is 24.2. The number of aliphatic carboxylic acids is 2. The monoisotopic (exact) mass is 670 g/mol. The van der Waals surface area contributed by atoms with Crippen LogP contribution < -0.4 is 13.6 Å². The second-order valence-corrected chi connectivity index (χ2v) is 25.2. The van der Waals surface area contributed by atoms with Crippen molar-refractivity contribution in [3.63, 3.8) is 0 Å². The van der Waals surface area contributed by atoms with Crippen molar-refractivity contribution in [2.75, 3.05) is 0 Å². The number of carboxylic acid groups (broad SMARTS) is 2. The number of benzene rings is 2. The number of hydrogen-bond donors (Lipinski definition) is 3. The molecule has 2 aromatic rings. The van der Waals surface area contributed by atoms with Gasteiger partial charge in [-0.25, -0.2) is 4.79 Å². The molecule has 0 fully saturated rings. The minimum absolute atomic E-state index is 0.0360. The smallest absolute Gasteiger partial charge is 0.328 e. The van der Waals surface area contributed by atoms with Gasteiger partial charge in [0.15, 0.2) is 11.5 Å². The van der Waals surface area contributed by atoms with E-state index in [2.05, 4.69) is 83.1 Å². The van der Waals surface area contributed by atoms with E-state index in [-0.39, 0.29) is 33.7 Å². The molecule has 8 nitrogen and oxygen atoms in total. The fourth-order valence-electron chi connectivity index (χ4n) is 8.17. The first-order chi connectivity index (χ1) is 21.3. The molecule has 0 unspecified atom stereocenters. The molecule has 0 radical (unpaired) electrons. The number of phenolic OH excluding ortho intramolecular Hbond substituents is 1. The topological polar surface area (TPSA) is 123 Å². The van der Waals surface area contributed by atoms with Crippen LogP contribution in [-0.4, -0.2) is 43.9 Å². The standard InChI is InChI=1S/C36H54O8Si2/c1-20(2)45(21(3)4,22(5)6)43-29-17-14-27(19-30(29)44-46(23(7)8,24(9)10)25(11)12)34-33(36(40)41)32-26(15-18-31(38)39)13-16-28(37)35(32)42-34/h13-25,33-34,37H,1-12H3,(H,38,39)(H,40,41)/b18-15+/t33-,34-/m1/s1. The van der Waals surface area contributed by atoms with Crippen LogP contribution in [0, 0.1) is 0 Å². The van der Waals surface area contributed by atoms with E-state index in [0.717, 1.165) is 6.08 Å². The fourth-order valence-corrected chi connectivity index (χ4v) is 18.7. The fraction of sp³-hybridized carbons (Fsp3) is 0.556. The average Bonchev–Trinajstić information content (AvgIpc) is 3.35. The van der Waals surface area contributed by atoms with Crippen molar-refractivity contribution in [2.45, 2.75) is 128 Å². The van der Waals surface area contributed by atoms with Crippen molar-refractivity contribution in [2.24, 2.45) is 0 Å². The van der Waals surface area contributed by atoms with Crippen LogP contribution in [0.15, 0.2) is 36.4 Å². The summed E-state index contributed by atoms with van der Waals surface area (Å²) in [5.74, 6) is -2.43. The van der Waals surface area contributed by atoms with Crippen LogP contribution >= 0.6 is 0 Å². The molecular weight excluding hydrogens is 617 g/mol. The molecule has 0 saturated carbocycles. The second kappa shape index (κ2) is 14.3. The van der Waals surface area contributed by atoms with Crippen LogP contribution in [0.4, 0.5) is 0 Å². The Labute approximate surface area is 277 Å². The lowest BCUT2D eigenvalue weighted by molar-refractivity contribution is -0.140. The van der Waals surface area contributed by atoms with Gasteiger partial charge in [0.2, 0.25) is 0 Å². The molecule has 0 aliphatic carbocycles. The lowest BCUT2D eigenvalue weighted by atomic mass is 9.88. The summed E-state index contributed by atoms with van der Waals surface area (Å²) < 4.78 is 20.8. The summed E-state index contributed by atoms with van der Waals surface area (Å²) in [5.41, 5.74) is 2.99. The van der Waals surface area contributed by atoms with E-state index < -0.39 is 40.6 Å². The van der Waals surface area contributed by atoms with Crippen molar-refractivity contribution in [1.82, 2.24) is 0 Å². The molecule has 1 aliphatic rings. The largest absolute Gasteiger partial charge is 0.540 e. The molecule has 0 bridgehead atoms. The Morgan fingerprint density at radius 1 is 0.739 bits per heavy atom. The summed E-state index contributed by atoms with van der Waals surface area (Å²) in [5, 5.41) is 30.5. The zero-order chi connectivity index (χ0) is 34.9. The van der Waals surface area contributed by atoms with E-state index in [1.54, 1.807) is 0 Å². The molecule has 0 aromatic heterocycles. The highest BCUT2D eigenvalue weighted by atomic mass is 28.4. The molecule has 2 atom stereocenters. The van der Waals surface area contributed by atoms with Crippen molar-refractivity contribution in [3.05, 3.63) is 53.1 Å². The van der Waals surface area contributed by atoms with Gasteiger partial charge in [0, 0.05) is 11.6 Å². The first-order valence-electron chi connectivity index (χ1n) is 16.5. The van der Waals surface area contributed by atoms with Gasteiger partial charge in [-0.05, 0) is 68.6 Å². The number of fused-ring (bicyclic) bond motifs is 1. The second-order valence-electron chi connectivity index (χ2n) is 14.5. The molecule has 1 heterocycles.